The molecule has 0 saturated heterocycles. The summed E-state index contributed by atoms with van der Waals surface area (Å²) in [6, 6.07) is 0.304. The fourth-order valence-electron chi connectivity index (χ4n) is 3.98. The summed E-state index contributed by atoms with van der Waals surface area (Å²) in [7, 11) is 0. The number of nitrogens with one attached hydrogen (secondary N) is 1. The van der Waals surface area contributed by atoms with Crippen LogP contribution in [0.25, 0.3) is 0 Å². The second-order valence-electron chi connectivity index (χ2n) is 6.33. The molecule has 0 spiro atoms. The van der Waals surface area contributed by atoms with Gasteiger partial charge in [-0.05, 0) is 51.1 Å². The molecule has 2 aliphatic carbocycles. The van der Waals surface area contributed by atoms with Gasteiger partial charge in [-0.2, -0.15) is 0 Å². The molecule has 0 aromatic rings. The van der Waals surface area contributed by atoms with Gasteiger partial charge in [0, 0.05) is 18.6 Å². The van der Waals surface area contributed by atoms with E-state index in [2.05, 4.69) is 31.0 Å². The molecule has 1 amide bonds. The van der Waals surface area contributed by atoms with Gasteiger partial charge in [-0.15, -0.1) is 24.8 Å². The van der Waals surface area contributed by atoms with Gasteiger partial charge >= 0.3 is 0 Å². The number of nitrogens with two attached hydrogens (primary N) is 1. The number of rotatable bonds is 6. The van der Waals surface area contributed by atoms with Crippen molar-refractivity contribution in [3.05, 3.63) is 0 Å². The van der Waals surface area contributed by atoms with E-state index in [-0.39, 0.29) is 48.7 Å². The zero-order valence-electron chi connectivity index (χ0n) is 13.4. The van der Waals surface area contributed by atoms with E-state index in [4.69, 9.17) is 5.73 Å². The van der Waals surface area contributed by atoms with Crippen LogP contribution in [0.2, 0.25) is 0 Å². The summed E-state index contributed by atoms with van der Waals surface area (Å²) in [6.07, 6.45) is 3.59. The van der Waals surface area contributed by atoms with Gasteiger partial charge in [0.2, 0.25) is 5.91 Å². The minimum atomic E-state index is 0. The molecule has 2 fully saturated rings. The highest BCUT2D eigenvalue weighted by molar-refractivity contribution is 5.85. The summed E-state index contributed by atoms with van der Waals surface area (Å²) in [5.74, 6) is 1.40. The molecule has 2 bridgehead atoms. The number of amides is 1. The first-order valence-electron chi connectivity index (χ1n) is 7.85. The summed E-state index contributed by atoms with van der Waals surface area (Å²) in [5.41, 5.74) is 6.22. The van der Waals surface area contributed by atoms with Crippen LogP contribution in [0.15, 0.2) is 0 Å². The first-order valence-corrected chi connectivity index (χ1v) is 7.85. The molecule has 0 radical (unpaired) electrons. The number of likely N-dealkylation sites (N-methyl/N-ethyl adjacent to an activating group) is 1. The van der Waals surface area contributed by atoms with Gasteiger partial charge in [0.25, 0.3) is 0 Å². The molecule has 2 aliphatic rings. The van der Waals surface area contributed by atoms with Crippen LogP contribution in [0, 0.1) is 17.8 Å². The van der Waals surface area contributed by atoms with Crippen LogP contribution in [0.4, 0.5) is 0 Å². The molecule has 0 heterocycles. The molecule has 4 nitrogen and oxygen atoms in total. The van der Waals surface area contributed by atoms with Crippen molar-refractivity contribution in [2.45, 2.75) is 52.1 Å². The lowest BCUT2D eigenvalue weighted by Gasteiger charge is -2.29. The Morgan fingerprint density at radius 2 is 1.81 bits per heavy atom. The van der Waals surface area contributed by atoms with Crippen LogP contribution in [0.3, 0.4) is 0 Å². The summed E-state index contributed by atoms with van der Waals surface area (Å²) < 4.78 is 0. The van der Waals surface area contributed by atoms with Gasteiger partial charge in [-0.3, -0.25) is 4.79 Å². The molecule has 5 unspecified atom stereocenters. The number of carbonyl (C=O) groups is 1. The van der Waals surface area contributed by atoms with Crippen molar-refractivity contribution in [1.82, 2.24) is 10.2 Å². The minimum Gasteiger partial charge on any atom is -0.352 e. The Balaban J connectivity index is 0.00000200. The van der Waals surface area contributed by atoms with Crippen molar-refractivity contribution in [1.29, 1.82) is 0 Å². The summed E-state index contributed by atoms with van der Waals surface area (Å²) in [6.45, 7) is 9.40. The monoisotopic (exact) mass is 339 g/mol. The van der Waals surface area contributed by atoms with Gasteiger partial charge in [-0.25, -0.2) is 0 Å². The first-order chi connectivity index (χ1) is 9.06. The van der Waals surface area contributed by atoms with Crippen molar-refractivity contribution in [2.24, 2.45) is 23.5 Å². The van der Waals surface area contributed by atoms with Gasteiger partial charge in [0.15, 0.2) is 0 Å². The Bertz CT molecular complexity index is 324. The highest BCUT2D eigenvalue weighted by atomic mass is 35.5. The van der Waals surface area contributed by atoms with Crippen molar-refractivity contribution >= 4 is 30.7 Å². The van der Waals surface area contributed by atoms with Gasteiger partial charge in [-0.1, -0.05) is 13.8 Å². The number of fused-ring (bicyclic) bond motifs is 2. The third-order valence-corrected chi connectivity index (χ3v) is 5.10. The largest absolute Gasteiger partial charge is 0.352 e. The second kappa shape index (κ2) is 9.19. The van der Waals surface area contributed by atoms with Gasteiger partial charge in [0.1, 0.15) is 0 Å². The predicted octanol–water partition coefficient (Wildman–Crippen LogP) is 2.05. The van der Waals surface area contributed by atoms with Gasteiger partial charge < -0.3 is 16.0 Å². The average molecular weight is 340 g/mol. The number of hydrogen-bond donors (Lipinski definition) is 2. The lowest BCUT2D eigenvalue weighted by atomic mass is 9.84. The van der Waals surface area contributed by atoms with Crippen LogP contribution in [-0.2, 0) is 4.79 Å². The normalized spacial score (nSPS) is 31.5. The zero-order chi connectivity index (χ0) is 14.0. The maximum atomic E-state index is 12.4. The zero-order valence-corrected chi connectivity index (χ0v) is 15.0. The van der Waals surface area contributed by atoms with E-state index in [9.17, 15) is 4.79 Å². The van der Waals surface area contributed by atoms with E-state index in [1.54, 1.807) is 0 Å². The van der Waals surface area contributed by atoms with Crippen LogP contribution < -0.4 is 11.1 Å². The highest BCUT2D eigenvalue weighted by Crippen LogP contribution is 2.47. The van der Waals surface area contributed by atoms with E-state index in [0.29, 0.717) is 11.8 Å². The van der Waals surface area contributed by atoms with Crippen molar-refractivity contribution in [2.75, 3.05) is 19.6 Å². The third kappa shape index (κ3) is 4.72. The Labute approximate surface area is 141 Å². The molecule has 5 atom stereocenters. The quantitative estimate of drug-likeness (QED) is 0.778. The van der Waals surface area contributed by atoms with Crippen LogP contribution in [0.5, 0.6) is 0 Å². The molecule has 2 saturated carbocycles. The predicted molar refractivity (Wildman–Crippen MR) is 92.2 cm³/mol. The Morgan fingerprint density at radius 1 is 1.24 bits per heavy atom. The minimum absolute atomic E-state index is 0. The molecule has 0 aromatic carbocycles. The van der Waals surface area contributed by atoms with E-state index in [0.717, 1.165) is 19.6 Å². The Kier molecular flexibility index (Phi) is 9.17. The lowest BCUT2D eigenvalue weighted by molar-refractivity contribution is -0.127. The highest BCUT2D eigenvalue weighted by Gasteiger charge is 2.49. The fourth-order valence-corrected chi connectivity index (χ4v) is 3.98. The second-order valence-corrected chi connectivity index (χ2v) is 6.33. The van der Waals surface area contributed by atoms with E-state index in [1.165, 1.54) is 19.3 Å². The molecule has 126 valence electrons. The molecule has 6 heteroatoms. The Hall–Kier alpha value is -0.0300. The molecule has 3 N–H and O–H groups in total. The van der Waals surface area contributed by atoms with Crippen molar-refractivity contribution in [3.8, 4) is 0 Å². The molecular weight excluding hydrogens is 309 g/mol. The SMILES string of the molecule is CCN(CC)CC(C)NC(=O)C1C2CCC(C2)C1N.Cl.Cl. The van der Waals surface area contributed by atoms with Crippen molar-refractivity contribution < 1.29 is 4.79 Å². The van der Waals surface area contributed by atoms with Crippen LogP contribution in [-0.4, -0.2) is 42.5 Å². The summed E-state index contributed by atoms with van der Waals surface area (Å²) >= 11 is 0. The molecular formula is C15H31Cl2N3O. The fraction of sp³-hybridized carbons (Fsp3) is 0.933. The standard InChI is InChI=1S/C15H29N3O.2ClH/c1-4-18(5-2)9-10(3)17-15(19)13-11-6-7-12(8-11)14(13)16;;/h10-14H,4-9,16H2,1-3H3,(H,17,19);2*1H. The number of hydrogen-bond acceptors (Lipinski definition) is 3. The smallest absolute Gasteiger partial charge is 0.225 e. The summed E-state index contributed by atoms with van der Waals surface area (Å²) in [5, 5.41) is 3.18. The molecule has 0 aromatic heterocycles. The first kappa shape index (κ1) is 21.0. The number of halogens is 2. The topological polar surface area (TPSA) is 58.4 Å². The van der Waals surface area contributed by atoms with Gasteiger partial charge in [0.05, 0.1) is 5.92 Å². The van der Waals surface area contributed by atoms with Crippen LogP contribution >= 0.6 is 24.8 Å². The third-order valence-electron chi connectivity index (χ3n) is 5.10. The maximum Gasteiger partial charge on any atom is 0.225 e. The maximum absolute atomic E-state index is 12.4. The van der Waals surface area contributed by atoms with E-state index < -0.39 is 0 Å². The molecule has 2 rings (SSSR count). The number of nitrogens with zero attached hydrogens (tertiary/aromatic N) is 1. The van der Waals surface area contributed by atoms with Crippen molar-refractivity contribution in [3.63, 3.8) is 0 Å². The molecule has 0 aliphatic heterocycles. The number of carbonyl (C=O) groups excluding carboxylic acids is 1. The molecule has 21 heavy (non-hydrogen) atoms. The van der Waals surface area contributed by atoms with E-state index >= 15 is 0 Å². The lowest BCUT2D eigenvalue weighted by Crippen LogP contribution is -2.49. The van der Waals surface area contributed by atoms with E-state index in [1.807, 2.05) is 0 Å². The average Bonchev–Trinajstić information content (AvgIpc) is 2.96. The Morgan fingerprint density at radius 3 is 2.29 bits per heavy atom. The summed E-state index contributed by atoms with van der Waals surface area (Å²) in [4.78, 5) is 14.7. The van der Waals surface area contributed by atoms with Crippen LogP contribution in [0.1, 0.15) is 40.0 Å².